The molecule has 2 aromatic carbocycles. The Labute approximate surface area is 211 Å². The first-order chi connectivity index (χ1) is 17.7. The Morgan fingerprint density at radius 1 is 1.19 bits per heavy atom. The number of nitrogens with zero attached hydrogens (tertiary/aromatic N) is 2. The van der Waals surface area contributed by atoms with Crippen molar-refractivity contribution >= 4 is 26.9 Å². The standard InChI is InChI=1S/C26H22F2N4O4S/c1-16(18-6-2-5-17(13-18)10-11-19-7-4-12-29-19)32-21-14-20(27)23(15-22(21)36-26(32)33)37(34,35)31-25-9-3-8-24(28)30-25/h2-3,5-6,8-9,13-16,19,29H,4,7,12H2,1H3,(H,30,31)/t16-,19?/m1/s1. The van der Waals surface area contributed by atoms with Crippen molar-refractivity contribution in [3.63, 3.8) is 0 Å². The molecule has 0 radical (unpaired) electrons. The molecule has 1 aliphatic rings. The number of hydrogen-bond acceptors (Lipinski definition) is 6. The molecule has 8 nitrogen and oxygen atoms in total. The highest BCUT2D eigenvalue weighted by Gasteiger charge is 2.25. The molecule has 1 saturated heterocycles. The van der Waals surface area contributed by atoms with Crippen LogP contribution in [0.25, 0.3) is 11.1 Å². The highest BCUT2D eigenvalue weighted by molar-refractivity contribution is 7.92. The number of oxazole rings is 1. The number of fused-ring (bicyclic) bond motifs is 1. The van der Waals surface area contributed by atoms with Gasteiger partial charge in [-0.2, -0.15) is 4.39 Å². The zero-order valence-corrected chi connectivity index (χ0v) is 20.5. The second-order valence-corrected chi connectivity index (χ2v) is 10.3. The van der Waals surface area contributed by atoms with E-state index in [-0.39, 0.29) is 23.0 Å². The number of anilines is 1. The van der Waals surface area contributed by atoms with Crippen LogP contribution in [0, 0.1) is 23.6 Å². The second kappa shape index (κ2) is 9.80. The largest absolute Gasteiger partial charge is 0.420 e. The van der Waals surface area contributed by atoms with Gasteiger partial charge in [0.05, 0.1) is 17.6 Å². The van der Waals surface area contributed by atoms with E-state index in [9.17, 15) is 17.6 Å². The minimum Gasteiger partial charge on any atom is -0.408 e. The van der Waals surface area contributed by atoms with E-state index in [1.807, 2.05) is 29.0 Å². The van der Waals surface area contributed by atoms with Crippen molar-refractivity contribution < 1.29 is 21.6 Å². The number of benzene rings is 2. The summed E-state index contributed by atoms with van der Waals surface area (Å²) >= 11 is 0. The maximum absolute atomic E-state index is 15.1. The van der Waals surface area contributed by atoms with E-state index >= 15 is 4.39 Å². The minimum absolute atomic E-state index is 0.0875. The summed E-state index contributed by atoms with van der Waals surface area (Å²) in [5.74, 6) is 3.24. The van der Waals surface area contributed by atoms with Crippen molar-refractivity contribution in [3.8, 4) is 11.8 Å². The lowest BCUT2D eigenvalue weighted by molar-refractivity contribution is 0.489. The van der Waals surface area contributed by atoms with E-state index in [1.165, 1.54) is 16.7 Å². The molecule has 190 valence electrons. The predicted molar refractivity (Wildman–Crippen MR) is 134 cm³/mol. The number of halogens is 2. The van der Waals surface area contributed by atoms with E-state index in [0.717, 1.165) is 48.7 Å². The van der Waals surface area contributed by atoms with Gasteiger partial charge in [0.15, 0.2) is 5.58 Å². The monoisotopic (exact) mass is 524 g/mol. The molecule has 4 aromatic rings. The van der Waals surface area contributed by atoms with E-state index in [1.54, 1.807) is 6.92 Å². The fourth-order valence-corrected chi connectivity index (χ4v) is 5.35. The van der Waals surface area contributed by atoms with Crippen LogP contribution in [0.4, 0.5) is 14.6 Å². The number of rotatable bonds is 5. The van der Waals surface area contributed by atoms with Crippen molar-refractivity contribution in [2.24, 2.45) is 0 Å². The third-order valence-electron chi connectivity index (χ3n) is 6.12. The summed E-state index contributed by atoms with van der Waals surface area (Å²) in [5.41, 5.74) is 1.49. The van der Waals surface area contributed by atoms with Gasteiger partial charge in [0.2, 0.25) is 5.95 Å². The third-order valence-corrected chi connectivity index (χ3v) is 7.49. The molecule has 1 fully saturated rings. The lowest BCUT2D eigenvalue weighted by atomic mass is 10.0. The molecule has 0 amide bonds. The van der Waals surface area contributed by atoms with Gasteiger partial charge in [0.25, 0.3) is 10.0 Å². The summed E-state index contributed by atoms with van der Waals surface area (Å²) in [6.45, 7) is 2.70. The van der Waals surface area contributed by atoms with E-state index in [4.69, 9.17) is 4.42 Å². The maximum atomic E-state index is 15.1. The second-order valence-electron chi connectivity index (χ2n) is 8.66. The first kappa shape index (κ1) is 24.7. The van der Waals surface area contributed by atoms with Gasteiger partial charge >= 0.3 is 5.76 Å². The van der Waals surface area contributed by atoms with Crippen molar-refractivity contribution in [2.45, 2.75) is 36.7 Å². The summed E-state index contributed by atoms with van der Waals surface area (Å²) < 4.78 is 62.5. The van der Waals surface area contributed by atoms with Crippen molar-refractivity contribution in [3.05, 3.63) is 88.0 Å². The Hall–Kier alpha value is -4.01. The Morgan fingerprint density at radius 2 is 2.00 bits per heavy atom. The zero-order valence-electron chi connectivity index (χ0n) is 19.7. The van der Waals surface area contributed by atoms with Gasteiger partial charge in [0.1, 0.15) is 16.5 Å². The topological polar surface area (TPSA) is 106 Å². The van der Waals surface area contributed by atoms with E-state index < -0.39 is 38.5 Å². The molecule has 0 saturated carbocycles. The van der Waals surface area contributed by atoms with E-state index in [0.29, 0.717) is 0 Å². The smallest absolute Gasteiger partial charge is 0.408 e. The van der Waals surface area contributed by atoms with Gasteiger partial charge in [-0.1, -0.05) is 30.0 Å². The molecular weight excluding hydrogens is 502 g/mol. The number of pyridine rings is 1. The van der Waals surface area contributed by atoms with Crippen LogP contribution in [0.1, 0.15) is 36.9 Å². The van der Waals surface area contributed by atoms with Gasteiger partial charge in [0, 0.05) is 17.7 Å². The molecule has 2 N–H and O–H groups in total. The maximum Gasteiger partial charge on any atom is 0.420 e. The molecule has 3 heterocycles. The lowest BCUT2D eigenvalue weighted by Crippen LogP contribution is -2.19. The molecule has 2 aromatic heterocycles. The predicted octanol–water partition coefficient (Wildman–Crippen LogP) is 3.78. The Balaban J connectivity index is 1.48. The summed E-state index contributed by atoms with van der Waals surface area (Å²) in [4.78, 5) is 15.4. The molecular formula is C26H22F2N4O4S. The fraction of sp³-hybridized carbons (Fsp3) is 0.231. The van der Waals surface area contributed by atoms with Crippen LogP contribution < -0.4 is 15.8 Å². The van der Waals surface area contributed by atoms with E-state index in [2.05, 4.69) is 22.1 Å². The van der Waals surface area contributed by atoms with Gasteiger partial charge < -0.3 is 9.73 Å². The van der Waals surface area contributed by atoms with Crippen LogP contribution in [0.3, 0.4) is 0 Å². The summed E-state index contributed by atoms with van der Waals surface area (Å²) in [5, 5.41) is 3.32. The molecule has 0 bridgehead atoms. The Morgan fingerprint density at radius 3 is 2.76 bits per heavy atom. The number of hydrogen-bond donors (Lipinski definition) is 2. The van der Waals surface area contributed by atoms with Crippen molar-refractivity contribution in [1.29, 1.82) is 0 Å². The fourth-order valence-electron chi connectivity index (χ4n) is 4.27. The average Bonchev–Trinajstić information content (AvgIpc) is 3.48. The number of nitrogens with one attached hydrogen (secondary N) is 2. The van der Waals surface area contributed by atoms with Gasteiger partial charge in [-0.25, -0.2) is 22.6 Å². The summed E-state index contributed by atoms with van der Waals surface area (Å²) in [7, 11) is -4.49. The van der Waals surface area contributed by atoms with Crippen LogP contribution in [-0.4, -0.2) is 30.6 Å². The molecule has 37 heavy (non-hydrogen) atoms. The summed E-state index contributed by atoms with van der Waals surface area (Å²) in [6.07, 6.45) is 2.08. The lowest BCUT2D eigenvalue weighted by Gasteiger charge is -2.14. The highest BCUT2D eigenvalue weighted by Crippen LogP contribution is 2.28. The number of sulfonamides is 1. The normalized spacial score (nSPS) is 16.4. The third kappa shape index (κ3) is 5.12. The highest BCUT2D eigenvalue weighted by atomic mass is 32.2. The average molecular weight is 525 g/mol. The number of aromatic nitrogens is 2. The molecule has 2 atom stereocenters. The molecule has 1 aliphatic heterocycles. The molecule has 11 heteroatoms. The quantitative estimate of drug-likeness (QED) is 0.304. The van der Waals surface area contributed by atoms with Crippen molar-refractivity contribution in [1.82, 2.24) is 14.9 Å². The first-order valence-electron chi connectivity index (χ1n) is 11.6. The summed E-state index contributed by atoms with van der Waals surface area (Å²) in [6, 6.07) is 12.3. The SMILES string of the molecule is C[C@H](c1cccc(C#CC2CCCN2)c1)n1c(=O)oc2cc(S(=O)(=O)Nc3cccc(F)n3)c(F)cc21. The van der Waals surface area contributed by atoms with Crippen LogP contribution in [0.5, 0.6) is 0 Å². The van der Waals surface area contributed by atoms with Gasteiger partial charge in [-0.05, 0) is 56.1 Å². The molecule has 0 spiro atoms. The van der Waals surface area contributed by atoms with Crippen LogP contribution >= 0.6 is 0 Å². The Kier molecular flexibility index (Phi) is 6.54. The van der Waals surface area contributed by atoms with Crippen LogP contribution in [-0.2, 0) is 10.0 Å². The van der Waals surface area contributed by atoms with Gasteiger partial charge in [-0.3, -0.25) is 9.29 Å². The molecule has 5 rings (SSSR count). The van der Waals surface area contributed by atoms with Crippen LogP contribution in [0.15, 0.2) is 68.7 Å². The van der Waals surface area contributed by atoms with Crippen molar-refractivity contribution in [2.75, 3.05) is 11.3 Å². The molecule has 1 unspecified atom stereocenters. The zero-order chi connectivity index (χ0) is 26.2. The van der Waals surface area contributed by atoms with Crippen LogP contribution in [0.2, 0.25) is 0 Å². The first-order valence-corrected chi connectivity index (χ1v) is 13.0. The Bertz CT molecular complexity index is 1710. The van der Waals surface area contributed by atoms with Gasteiger partial charge in [-0.15, -0.1) is 0 Å². The molecule has 0 aliphatic carbocycles. The minimum atomic E-state index is -4.49.